The first-order valence-electron chi connectivity index (χ1n) is 5.29. The van der Waals surface area contributed by atoms with E-state index in [0.717, 1.165) is 6.54 Å². The van der Waals surface area contributed by atoms with Gasteiger partial charge in [-0.25, -0.2) is 0 Å². The molecule has 0 radical (unpaired) electrons. The third-order valence-electron chi connectivity index (χ3n) is 2.58. The molecule has 0 aromatic heterocycles. The molecule has 3 nitrogen and oxygen atoms in total. The van der Waals surface area contributed by atoms with Crippen LogP contribution in [0.5, 0.6) is 0 Å². The van der Waals surface area contributed by atoms with Gasteiger partial charge in [0.05, 0.1) is 12.6 Å². The van der Waals surface area contributed by atoms with Gasteiger partial charge in [0.2, 0.25) is 0 Å². The Bertz CT molecular complexity index is 238. The van der Waals surface area contributed by atoms with Crippen LogP contribution in [0.25, 0.3) is 0 Å². The Morgan fingerprint density at radius 2 is 2.21 bits per heavy atom. The number of hydrogen-bond acceptors (Lipinski definition) is 3. The highest BCUT2D eigenvalue weighted by molar-refractivity contribution is 5.82. The molecule has 0 N–H and O–H groups in total. The zero-order valence-electron chi connectivity index (χ0n) is 8.99. The maximum atomic E-state index is 11.5. The van der Waals surface area contributed by atoms with Crippen LogP contribution in [0.2, 0.25) is 0 Å². The van der Waals surface area contributed by atoms with E-state index in [2.05, 4.69) is 11.0 Å². The van der Waals surface area contributed by atoms with E-state index in [9.17, 15) is 4.79 Å². The van der Waals surface area contributed by atoms with Crippen LogP contribution in [0.4, 0.5) is 0 Å². The quantitative estimate of drug-likeness (QED) is 0.645. The van der Waals surface area contributed by atoms with Crippen molar-refractivity contribution in [3.8, 4) is 6.07 Å². The highest BCUT2D eigenvalue weighted by Crippen LogP contribution is 2.26. The Labute approximate surface area is 85.7 Å². The Morgan fingerprint density at radius 1 is 1.57 bits per heavy atom. The molecule has 0 aromatic rings. The molecular weight excluding hydrogens is 176 g/mol. The third-order valence-corrected chi connectivity index (χ3v) is 2.58. The van der Waals surface area contributed by atoms with Gasteiger partial charge in [-0.05, 0) is 12.8 Å². The van der Waals surface area contributed by atoms with Gasteiger partial charge in [-0.2, -0.15) is 5.26 Å². The summed E-state index contributed by atoms with van der Waals surface area (Å²) in [5.74, 6) is 0.396. The number of rotatable bonds is 6. The van der Waals surface area contributed by atoms with E-state index in [1.165, 1.54) is 12.8 Å². The van der Waals surface area contributed by atoms with Crippen molar-refractivity contribution in [2.45, 2.75) is 39.2 Å². The Kier molecular flexibility index (Phi) is 4.09. The Morgan fingerprint density at radius 3 is 2.64 bits per heavy atom. The molecular formula is C11H18N2O. The first kappa shape index (κ1) is 11.2. The molecule has 0 spiro atoms. The molecule has 1 aliphatic carbocycles. The molecule has 1 saturated carbocycles. The molecule has 1 aliphatic rings. The number of carbonyl (C=O) groups excluding carboxylic acids is 1. The van der Waals surface area contributed by atoms with Crippen LogP contribution in [0.15, 0.2) is 0 Å². The second kappa shape index (κ2) is 5.11. The summed E-state index contributed by atoms with van der Waals surface area (Å²) in [5.41, 5.74) is 0. The van der Waals surface area contributed by atoms with Crippen LogP contribution in [0, 0.1) is 17.2 Å². The smallest absolute Gasteiger partial charge is 0.149 e. The molecule has 0 unspecified atom stereocenters. The minimum atomic E-state index is 0.110. The standard InChI is InChI=1S/C11H18N2O/c1-9(2)11(14)8-13(7-3-6-12)10-4-5-10/h9-10H,3-5,7-8H2,1-2H3. The lowest BCUT2D eigenvalue weighted by molar-refractivity contribution is -0.123. The van der Waals surface area contributed by atoms with Gasteiger partial charge in [0.1, 0.15) is 5.78 Å². The highest BCUT2D eigenvalue weighted by atomic mass is 16.1. The predicted octanol–water partition coefficient (Wildman–Crippen LogP) is 1.59. The first-order chi connectivity index (χ1) is 6.65. The molecule has 0 amide bonds. The average Bonchev–Trinajstić information content (AvgIpc) is 2.94. The average molecular weight is 194 g/mol. The second-order valence-corrected chi connectivity index (χ2v) is 4.23. The van der Waals surface area contributed by atoms with E-state index in [0.29, 0.717) is 19.0 Å². The molecule has 78 valence electrons. The number of ketones is 1. The summed E-state index contributed by atoms with van der Waals surface area (Å²) in [6.45, 7) is 5.14. The fourth-order valence-corrected chi connectivity index (χ4v) is 1.41. The summed E-state index contributed by atoms with van der Waals surface area (Å²) in [6, 6.07) is 2.71. The summed E-state index contributed by atoms with van der Waals surface area (Å²) in [7, 11) is 0. The summed E-state index contributed by atoms with van der Waals surface area (Å²) in [5, 5.41) is 8.50. The topological polar surface area (TPSA) is 44.1 Å². The van der Waals surface area contributed by atoms with Gasteiger partial charge >= 0.3 is 0 Å². The maximum Gasteiger partial charge on any atom is 0.149 e. The summed E-state index contributed by atoms with van der Waals surface area (Å²) in [4.78, 5) is 13.7. The van der Waals surface area contributed by atoms with Crippen LogP contribution in [0.3, 0.4) is 0 Å². The zero-order chi connectivity index (χ0) is 10.6. The molecule has 1 fully saturated rings. The zero-order valence-corrected chi connectivity index (χ0v) is 8.99. The normalized spacial score (nSPS) is 15.9. The van der Waals surface area contributed by atoms with E-state index in [1.54, 1.807) is 0 Å². The molecule has 0 aliphatic heterocycles. The van der Waals surface area contributed by atoms with Crippen molar-refractivity contribution in [1.82, 2.24) is 4.90 Å². The van der Waals surface area contributed by atoms with Crippen molar-refractivity contribution < 1.29 is 4.79 Å². The molecule has 0 atom stereocenters. The van der Waals surface area contributed by atoms with Crippen LogP contribution in [-0.4, -0.2) is 29.8 Å². The van der Waals surface area contributed by atoms with E-state index >= 15 is 0 Å². The number of hydrogen-bond donors (Lipinski definition) is 0. The fraction of sp³-hybridized carbons (Fsp3) is 0.818. The van der Waals surface area contributed by atoms with Crippen molar-refractivity contribution in [3.05, 3.63) is 0 Å². The van der Waals surface area contributed by atoms with Crippen molar-refractivity contribution in [3.63, 3.8) is 0 Å². The molecule has 0 aromatic carbocycles. The summed E-state index contributed by atoms with van der Waals surface area (Å²) >= 11 is 0. The van der Waals surface area contributed by atoms with E-state index in [4.69, 9.17) is 5.26 Å². The van der Waals surface area contributed by atoms with Gasteiger partial charge in [-0.3, -0.25) is 9.69 Å². The molecule has 0 bridgehead atoms. The van der Waals surface area contributed by atoms with E-state index in [-0.39, 0.29) is 11.7 Å². The Hall–Kier alpha value is -0.880. The monoisotopic (exact) mass is 194 g/mol. The minimum absolute atomic E-state index is 0.110. The van der Waals surface area contributed by atoms with Gasteiger partial charge in [0.15, 0.2) is 0 Å². The second-order valence-electron chi connectivity index (χ2n) is 4.23. The molecule has 0 heterocycles. The van der Waals surface area contributed by atoms with Gasteiger partial charge in [0, 0.05) is 24.9 Å². The summed E-state index contributed by atoms with van der Waals surface area (Å²) in [6.07, 6.45) is 2.91. The Balaban J connectivity index is 2.35. The molecule has 0 saturated heterocycles. The maximum absolute atomic E-state index is 11.5. The number of carbonyl (C=O) groups is 1. The van der Waals surface area contributed by atoms with Crippen molar-refractivity contribution in [2.75, 3.05) is 13.1 Å². The minimum Gasteiger partial charge on any atom is -0.298 e. The third kappa shape index (κ3) is 3.47. The van der Waals surface area contributed by atoms with Gasteiger partial charge < -0.3 is 0 Å². The van der Waals surface area contributed by atoms with E-state index < -0.39 is 0 Å². The van der Waals surface area contributed by atoms with Crippen LogP contribution >= 0.6 is 0 Å². The number of Topliss-reactive ketones (excluding diaryl/α,β-unsaturated/α-hetero) is 1. The fourth-order valence-electron chi connectivity index (χ4n) is 1.41. The van der Waals surface area contributed by atoms with Crippen LogP contribution in [-0.2, 0) is 4.79 Å². The lowest BCUT2D eigenvalue weighted by Crippen LogP contribution is -2.34. The summed E-state index contributed by atoms with van der Waals surface area (Å²) < 4.78 is 0. The van der Waals surface area contributed by atoms with Crippen LogP contribution < -0.4 is 0 Å². The molecule has 14 heavy (non-hydrogen) atoms. The predicted molar refractivity (Wildman–Crippen MR) is 54.7 cm³/mol. The SMILES string of the molecule is CC(C)C(=O)CN(CCC#N)C1CC1. The number of nitrogens with zero attached hydrogens (tertiary/aromatic N) is 2. The van der Waals surface area contributed by atoms with Gasteiger partial charge in [0.25, 0.3) is 0 Å². The van der Waals surface area contributed by atoms with E-state index in [1.807, 2.05) is 13.8 Å². The highest BCUT2D eigenvalue weighted by Gasteiger charge is 2.30. The van der Waals surface area contributed by atoms with Gasteiger partial charge in [-0.15, -0.1) is 0 Å². The lowest BCUT2D eigenvalue weighted by Gasteiger charge is -2.20. The van der Waals surface area contributed by atoms with Crippen molar-refractivity contribution >= 4 is 5.78 Å². The first-order valence-corrected chi connectivity index (χ1v) is 5.29. The number of nitriles is 1. The van der Waals surface area contributed by atoms with Gasteiger partial charge in [-0.1, -0.05) is 13.8 Å². The molecule has 3 heteroatoms. The van der Waals surface area contributed by atoms with Crippen molar-refractivity contribution in [2.24, 2.45) is 5.92 Å². The lowest BCUT2D eigenvalue weighted by atomic mass is 10.1. The largest absolute Gasteiger partial charge is 0.298 e. The van der Waals surface area contributed by atoms with Crippen LogP contribution in [0.1, 0.15) is 33.1 Å². The van der Waals surface area contributed by atoms with Crippen molar-refractivity contribution in [1.29, 1.82) is 5.26 Å². The molecule has 1 rings (SSSR count).